The van der Waals surface area contributed by atoms with E-state index < -0.39 is 9.84 Å². The van der Waals surface area contributed by atoms with E-state index in [4.69, 9.17) is 21.1 Å². The fourth-order valence-corrected chi connectivity index (χ4v) is 4.08. The first kappa shape index (κ1) is 19.5. The molecule has 0 fully saturated rings. The van der Waals surface area contributed by atoms with Crippen LogP contribution in [0.3, 0.4) is 0 Å². The van der Waals surface area contributed by atoms with Gasteiger partial charge in [-0.05, 0) is 48.9 Å². The number of hydrogen-bond acceptors (Lipinski definition) is 5. The summed E-state index contributed by atoms with van der Waals surface area (Å²) >= 11 is 5.77. The molecule has 0 aromatic heterocycles. The van der Waals surface area contributed by atoms with Crippen LogP contribution >= 0.6 is 11.6 Å². The highest BCUT2D eigenvalue weighted by molar-refractivity contribution is 7.91. The molecule has 1 unspecified atom stereocenters. The van der Waals surface area contributed by atoms with Gasteiger partial charge in [-0.2, -0.15) is 0 Å². The van der Waals surface area contributed by atoms with Gasteiger partial charge in [0, 0.05) is 11.4 Å². The lowest BCUT2D eigenvalue weighted by atomic mass is 10.1. The second-order valence-electron chi connectivity index (χ2n) is 6.22. The Hall–Kier alpha value is -2.25. The average Bonchev–Trinajstić information content (AvgIpc) is 2.66. The van der Waals surface area contributed by atoms with Crippen molar-refractivity contribution in [2.24, 2.45) is 0 Å². The maximum absolute atomic E-state index is 12.3. The number of carbonyl (C=O) groups excluding carboxylic acids is 1. The van der Waals surface area contributed by atoms with Crippen LogP contribution in [-0.4, -0.2) is 33.3 Å². The van der Waals surface area contributed by atoms with Gasteiger partial charge in [0.15, 0.2) is 21.3 Å². The minimum Gasteiger partial charge on any atom is -0.486 e. The molecule has 1 heterocycles. The van der Waals surface area contributed by atoms with Gasteiger partial charge in [0.05, 0.1) is 16.7 Å². The van der Waals surface area contributed by atoms with Gasteiger partial charge in [0.2, 0.25) is 5.91 Å². The second kappa shape index (κ2) is 8.19. The van der Waals surface area contributed by atoms with E-state index in [2.05, 4.69) is 5.32 Å². The number of ether oxygens (including phenoxy) is 2. The lowest BCUT2D eigenvalue weighted by Gasteiger charge is -2.21. The Morgan fingerprint density at radius 1 is 1.11 bits per heavy atom. The maximum Gasteiger partial charge on any atom is 0.221 e. The van der Waals surface area contributed by atoms with Crippen molar-refractivity contribution in [3.63, 3.8) is 0 Å². The van der Waals surface area contributed by atoms with Crippen LogP contribution in [0.25, 0.3) is 0 Å². The zero-order valence-electron chi connectivity index (χ0n) is 14.8. The molecule has 3 rings (SSSR count). The summed E-state index contributed by atoms with van der Waals surface area (Å²) in [5, 5.41) is 3.27. The molecule has 0 saturated carbocycles. The summed E-state index contributed by atoms with van der Waals surface area (Å²) in [4.78, 5) is 12.3. The predicted molar refractivity (Wildman–Crippen MR) is 102 cm³/mol. The lowest BCUT2D eigenvalue weighted by molar-refractivity contribution is -0.121. The van der Waals surface area contributed by atoms with E-state index in [1.54, 1.807) is 6.07 Å². The van der Waals surface area contributed by atoms with Gasteiger partial charge in [0.25, 0.3) is 0 Å². The highest BCUT2D eigenvalue weighted by Gasteiger charge is 2.19. The second-order valence-corrected chi connectivity index (χ2v) is 8.76. The first-order chi connectivity index (χ1) is 12.8. The highest BCUT2D eigenvalue weighted by atomic mass is 35.5. The van der Waals surface area contributed by atoms with E-state index in [1.165, 1.54) is 24.3 Å². The van der Waals surface area contributed by atoms with Crippen LogP contribution in [0.1, 0.15) is 24.9 Å². The van der Waals surface area contributed by atoms with Crippen molar-refractivity contribution in [1.29, 1.82) is 0 Å². The first-order valence-electron chi connectivity index (χ1n) is 8.52. The van der Waals surface area contributed by atoms with E-state index in [0.717, 1.165) is 5.56 Å². The van der Waals surface area contributed by atoms with E-state index >= 15 is 0 Å². The van der Waals surface area contributed by atoms with Crippen molar-refractivity contribution < 1.29 is 22.7 Å². The Bertz CT molecular complexity index is 928. The van der Waals surface area contributed by atoms with Gasteiger partial charge in [-0.3, -0.25) is 4.79 Å². The van der Waals surface area contributed by atoms with Crippen molar-refractivity contribution in [2.75, 3.05) is 19.0 Å². The standard InChI is InChI=1S/C19H20ClNO5S/c1-13(14-2-7-17-18(12-14)26-10-9-25-17)21-19(22)8-11-27(23,24)16-5-3-15(20)4-6-16/h2-7,12-13H,8-11H2,1H3,(H,21,22). The van der Waals surface area contributed by atoms with E-state index in [0.29, 0.717) is 29.7 Å². The molecule has 0 saturated heterocycles. The van der Waals surface area contributed by atoms with Gasteiger partial charge in [-0.15, -0.1) is 0 Å². The number of amides is 1. The summed E-state index contributed by atoms with van der Waals surface area (Å²) in [5.74, 6) is 0.714. The summed E-state index contributed by atoms with van der Waals surface area (Å²) < 4.78 is 35.6. The van der Waals surface area contributed by atoms with Crippen molar-refractivity contribution in [2.45, 2.75) is 24.3 Å². The highest BCUT2D eigenvalue weighted by Crippen LogP contribution is 2.32. The number of halogens is 1. The summed E-state index contributed by atoms with van der Waals surface area (Å²) in [6, 6.07) is 11.1. The zero-order valence-corrected chi connectivity index (χ0v) is 16.3. The number of rotatable bonds is 6. The quantitative estimate of drug-likeness (QED) is 0.792. The first-order valence-corrected chi connectivity index (χ1v) is 10.6. The molecular formula is C19H20ClNO5S. The summed E-state index contributed by atoms with van der Waals surface area (Å²) in [6.07, 6.45) is -0.125. The third kappa shape index (κ3) is 4.93. The Kier molecular flexibility index (Phi) is 5.92. The largest absolute Gasteiger partial charge is 0.486 e. The van der Waals surface area contributed by atoms with Gasteiger partial charge in [-0.1, -0.05) is 17.7 Å². The van der Waals surface area contributed by atoms with Crippen LogP contribution in [0.5, 0.6) is 11.5 Å². The maximum atomic E-state index is 12.3. The monoisotopic (exact) mass is 409 g/mol. The lowest BCUT2D eigenvalue weighted by Crippen LogP contribution is -2.28. The minimum atomic E-state index is -3.54. The summed E-state index contributed by atoms with van der Waals surface area (Å²) in [5.41, 5.74) is 0.855. The van der Waals surface area contributed by atoms with Crippen molar-refractivity contribution in [3.8, 4) is 11.5 Å². The molecule has 1 atom stereocenters. The molecule has 1 aliphatic heterocycles. The SMILES string of the molecule is CC(NC(=O)CCS(=O)(=O)c1ccc(Cl)cc1)c1ccc2c(c1)OCCO2. The molecule has 6 nitrogen and oxygen atoms in total. The number of carbonyl (C=O) groups is 1. The molecule has 8 heteroatoms. The van der Waals surface area contributed by atoms with Crippen LogP contribution in [0, 0.1) is 0 Å². The topological polar surface area (TPSA) is 81.7 Å². The Balaban J connectivity index is 1.58. The summed E-state index contributed by atoms with van der Waals surface area (Å²) in [6.45, 7) is 2.83. The molecule has 1 amide bonds. The number of hydrogen-bond donors (Lipinski definition) is 1. The Morgan fingerprint density at radius 2 is 1.78 bits per heavy atom. The smallest absolute Gasteiger partial charge is 0.221 e. The van der Waals surface area contributed by atoms with Crippen LogP contribution in [0.15, 0.2) is 47.4 Å². The summed E-state index contributed by atoms with van der Waals surface area (Å²) in [7, 11) is -3.54. The molecule has 2 aromatic rings. The van der Waals surface area contributed by atoms with E-state index in [1.807, 2.05) is 19.1 Å². The molecule has 2 aromatic carbocycles. The Labute approximate surface area is 163 Å². The normalized spacial score (nSPS) is 14.4. The fourth-order valence-electron chi connectivity index (χ4n) is 2.71. The van der Waals surface area contributed by atoms with Gasteiger partial charge >= 0.3 is 0 Å². The molecular weight excluding hydrogens is 390 g/mol. The molecule has 0 radical (unpaired) electrons. The van der Waals surface area contributed by atoms with E-state index in [9.17, 15) is 13.2 Å². The molecule has 0 bridgehead atoms. The number of fused-ring (bicyclic) bond motifs is 1. The van der Waals surface area contributed by atoms with Gasteiger partial charge < -0.3 is 14.8 Å². The fraction of sp³-hybridized carbons (Fsp3) is 0.316. The molecule has 1 N–H and O–H groups in total. The van der Waals surface area contributed by atoms with Crippen molar-refractivity contribution in [1.82, 2.24) is 5.32 Å². The van der Waals surface area contributed by atoms with E-state index in [-0.39, 0.29) is 29.0 Å². The van der Waals surface area contributed by atoms with Crippen LogP contribution in [0.2, 0.25) is 5.02 Å². The van der Waals surface area contributed by atoms with Crippen molar-refractivity contribution >= 4 is 27.3 Å². The third-order valence-corrected chi connectivity index (χ3v) is 6.20. The molecule has 144 valence electrons. The molecule has 0 aliphatic carbocycles. The third-order valence-electron chi connectivity index (χ3n) is 4.21. The van der Waals surface area contributed by atoms with Crippen molar-refractivity contribution in [3.05, 3.63) is 53.1 Å². The van der Waals surface area contributed by atoms with Gasteiger partial charge in [0.1, 0.15) is 13.2 Å². The number of nitrogens with one attached hydrogen (secondary N) is 1. The van der Waals surface area contributed by atoms with Gasteiger partial charge in [-0.25, -0.2) is 8.42 Å². The zero-order chi connectivity index (χ0) is 19.4. The van der Waals surface area contributed by atoms with Crippen LogP contribution in [-0.2, 0) is 14.6 Å². The molecule has 0 spiro atoms. The molecule has 27 heavy (non-hydrogen) atoms. The van der Waals surface area contributed by atoms with Crippen LogP contribution in [0.4, 0.5) is 0 Å². The molecule has 1 aliphatic rings. The number of benzene rings is 2. The average molecular weight is 410 g/mol. The predicted octanol–water partition coefficient (Wildman–Crippen LogP) is 3.15. The number of sulfone groups is 1. The minimum absolute atomic E-state index is 0.125. The Morgan fingerprint density at radius 3 is 2.48 bits per heavy atom. The van der Waals surface area contributed by atoms with Crippen LogP contribution < -0.4 is 14.8 Å².